The molecule has 0 spiro atoms. The van der Waals surface area contributed by atoms with Crippen LogP contribution in [0.15, 0.2) is 34.8 Å². The summed E-state index contributed by atoms with van der Waals surface area (Å²) in [5, 5.41) is 13.0. The molecule has 2 aromatic rings. The lowest BCUT2D eigenvalue weighted by Gasteiger charge is -2.11. The predicted molar refractivity (Wildman–Crippen MR) is 85.0 cm³/mol. The summed E-state index contributed by atoms with van der Waals surface area (Å²) >= 11 is 15.3. The molecular formula is C14H10BrCl2NO2. The van der Waals surface area contributed by atoms with Gasteiger partial charge in [0.15, 0.2) is 0 Å². The van der Waals surface area contributed by atoms with Gasteiger partial charge in [0.05, 0.1) is 20.2 Å². The number of carbonyl (C=O) groups excluding carboxylic acids is 1. The monoisotopic (exact) mass is 373 g/mol. The fourth-order valence-corrected chi connectivity index (χ4v) is 2.32. The van der Waals surface area contributed by atoms with E-state index in [1.807, 2.05) is 6.92 Å². The Kier molecular flexibility index (Phi) is 4.58. The minimum absolute atomic E-state index is 0.0147. The highest BCUT2D eigenvalue weighted by Gasteiger charge is 2.14. The van der Waals surface area contributed by atoms with E-state index in [0.717, 1.165) is 5.56 Å². The van der Waals surface area contributed by atoms with Crippen LogP contribution in [0.2, 0.25) is 10.0 Å². The molecule has 0 fully saturated rings. The van der Waals surface area contributed by atoms with Crippen LogP contribution < -0.4 is 5.32 Å². The maximum Gasteiger partial charge on any atom is 0.255 e. The van der Waals surface area contributed by atoms with Crippen molar-refractivity contribution in [2.75, 3.05) is 5.32 Å². The van der Waals surface area contributed by atoms with Crippen molar-refractivity contribution in [3.05, 3.63) is 56.0 Å². The second kappa shape index (κ2) is 6.04. The Balaban J connectivity index is 2.32. The molecule has 2 N–H and O–H groups in total. The molecule has 0 aromatic heterocycles. The molecule has 0 saturated heterocycles. The lowest BCUT2D eigenvalue weighted by atomic mass is 10.1. The van der Waals surface area contributed by atoms with Crippen LogP contribution in [0.25, 0.3) is 0 Å². The summed E-state index contributed by atoms with van der Waals surface area (Å²) in [5.41, 5.74) is 1.48. The Morgan fingerprint density at radius 3 is 2.60 bits per heavy atom. The van der Waals surface area contributed by atoms with Crippen molar-refractivity contribution in [1.82, 2.24) is 0 Å². The molecule has 0 aliphatic rings. The Bertz CT molecular complexity index is 689. The summed E-state index contributed by atoms with van der Waals surface area (Å²) in [4.78, 5) is 12.1. The van der Waals surface area contributed by atoms with E-state index < -0.39 is 5.91 Å². The number of phenols is 1. The predicted octanol–water partition coefficient (Wildman–Crippen LogP) is 5.02. The van der Waals surface area contributed by atoms with Crippen LogP contribution in [-0.4, -0.2) is 11.0 Å². The molecule has 2 aromatic carbocycles. The lowest BCUT2D eigenvalue weighted by molar-refractivity contribution is 0.102. The fraction of sp³-hybridized carbons (Fsp3) is 0.0714. The molecule has 0 aliphatic heterocycles. The van der Waals surface area contributed by atoms with Gasteiger partial charge in [-0.2, -0.15) is 0 Å². The number of nitrogens with one attached hydrogen (secondary N) is 1. The standard InChI is InChI=1S/C14H10BrCl2NO2/c1-7-2-5-10(16)13(12(7)17)18-14(20)8-3-4-9(15)11(19)6-8/h2-6,19H,1H3,(H,18,20). The quantitative estimate of drug-likeness (QED) is 0.775. The normalized spacial score (nSPS) is 10.4. The van der Waals surface area contributed by atoms with Gasteiger partial charge >= 0.3 is 0 Å². The highest BCUT2D eigenvalue weighted by atomic mass is 79.9. The highest BCUT2D eigenvalue weighted by molar-refractivity contribution is 9.10. The number of aromatic hydroxyl groups is 1. The van der Waals surface area contributed by atoms with E-state index >= 15 is 0 Å². The molecule has 0 saturated carbocycles. The number of aryl methyl sites for hydroxylation is 1. The van der Waals surface area contributed by atoms with Gasteiger partial charge in [-0.05, 0) is 52.7 Å². The number of anilines is 1. The molecule has 20 heavy (non-hydrogen) atoms. The third kappa shape index (κ3) is 3.08. The first kappa shape index (κ1) is 15.2. The van der Waals surface area contributed by atoms with Crippen molar-refractivity contribution >= 4 is 50.7 Å². The summed E-state index contributed by atoms with van der Waals surface area (Å²) < 4.78 is 0.515. The average Bonchev–Trinajstić information content (AvgIpc) is 2.42. The summed E-state index contributed by atoms with van der Waals surface area (Å²) in [6, 6.07) is 7.96. The molecule has 1 amide bonds. The summed E-state index contributed by atoms with van der Waals surface area (Å²) in [6.45, 7) is 1.82. The second-order valence-corrected chi connectivity index (χ2v) is 5.81. The first-order valence-electron chi connectivity index (χ1n) is 5.64. The van der Waals surface area contributed by atoms with E-state index in [4.69, 9.17) is 23.2 Å². The third-order valence-corrected chi connectivity index (χ3v) is 4.20. The zero-order valence-corrected chi connectivity index (χ0v) is 13.5. The number of carbonyl (C=O) groups is 1. The Hall–Kier alpha value is -1.23. The largest absolute Gasteiger partial charge is 0.507 e. The van der Waals surface area contributed by atoms with Crippen LogP contribution in [0.3, 0.4) is 0 Å². The summed E-state index contributed by atoms with van der Waals surface area (Å²) in [6.07, 6.45) is 0. The van der Waals surface area contributed by atoms with E-state index in [2.05, 4.69) is 21.2 Å². The number of amides is 1. The van der Waals surface area contributed by atoms with Crippen LogP contribution in [0.4, 0.5) is 5.69 Å². The number of halogens is 3. The van der Waals surface area contributed by atoms with Crippen LogP contribution >= 0.6 is 39.1 Å². The SMILES string of the molecule is Cc1ccc(Cl)c(NC(=O)c2ccc(Br)c(O)c2)c1Cl. The first-order valence-corrected chi connectivity index (χ1v) is 7.19. The van der Waals surface area contributed by atoms with Crippen molar-refractivity contribution in [2.45, 2.75) is 6.92 Å². The molecule has 0 heterocycles. The van der Waals surface area contributed by atoms with Gasteiger partial charge in [0, 0.05) is 5.56 Å². The van der Waals surface area contributed by atoms with Crippen LogP contribution in [0, 0.1) is 6.92 Å². The molecule has 3 nitrogen and oxygen atoms in total. The zero-order valence-electron chi connectivity index (χ0n) is 10.4. The number of rotatable bonds is 2. The lowest BCUT2D eigenvalue weighted by Crippen LogP contribution is -2.12. The maximum absolute atomic E-state index is 12.1. The molecule has 6 heteroatoms. The van der Waals surface area contributed by atoms with Crippen LogP contribution in [-0.2, 0) is 0 Å². The number of hydrogen-bond acceptors (Lipinski definition) is 2. The second-order valence-electron chi connectivity index (χ2n) is 4.17. The molecule has 0 unspecified atom stereocenters. The highest BCUT2D eigenvalue weighted by Crippen LogP contribution is 2.33. The zero-order chi connectivity index (χ0) is 14.9. The van der Waals surface area contributed by atoms with Gasteiger partial charge in [-0.1, -0.05) is 29.3 Å². The van der Waals surface area contributed by atoms with E-state index in [0.29, 0.717) is 25.8 Å². The fourth-order valence-electron chi connectivity index (χ4n) is 1.61. The van der Waals surface area contributed by atoms with E-state index in [1.54, 1.807) is 24.3 Å². The topological polar surface area (TPSA) is 49.3 Å². The molecule has 104 valence electrons. The molecule has 0 bridgehead atoms. The Morgan fingerprint density at radius 2 is 1.95 bits per heavy atom. The smallest absolute Gasteiger partial charge is 0.255 e. The minimum atomic E-state index is -0.401. The number of phenolic OH excluding ortho intramolecular Hbond substituents is 1. The van der Waals surface area contributed by atoms with E-state index in [1.165, 1.54) is 6.07 Å². The third-order valence-electron chi connectivity index (χ3n) is 2.73. The number of benzene rings is 2. The Labute approximate surface area is 134 Å². The van der Waals surface area contributed by atoms with Gasteiger partial charge in [-0.15, -0.1) is 0 Å². The molecule has 0 radical (unpaired) electrons. The molecule has 0 aliphatic carbocycles. The first-order chi connectivity index (χ1) is 9.40. The number of hydrogen-bond donors (Lipinski definition) is 2. The van der Waals surface area contributed by atoms with Crippen LogP contribution in [0.5, 0.6) is 5.75 Å². The maximum atomic E-state index is 12.1. The van der Waals surface area contributed by atoms with Crippen molar-refractivity contribution in [3.63, 3.8) is 0 Å². The summed E-state index contributed by atoms with van der Waals surface area (Å²) in [5.74, 6) is -0.415. The van der Waals surface area contributed by atoms with E-state index in [-0.39, 0.29) is 5.75 Å². The van der Waals surface area contributed by atoms with Crippen molar-refractivity contribution in [3.8, 4) is 5.75 Å². The van der Waals surface area contributed by atoms with Gasteiger partial charge in [-0.3, -0.25) is 4.79 Å². The molecule has 0 atom stereocenters. The van der Waals surface area contributed by atoms with Gasteiger partial charge in [0.2, 0.25) is 0 Å². The molecular weight excluding hydrogens is 365 g/mol. The van der Waals surface area contributed by atoms with Crippen molar-refractivity contribution in [1.29, 1.82) is 0 Å². The van der Waals surface area contributed by atoms with Crippen molar-refractivity contribution in [2.24, 2.45) is 0 Å². The molecule has 2 rings (SSSR count). The minimum Gasteiger partial charge on any atom is -0.507 e. The van der Waals surface area contributed by atoms with Crippen LogP contribution in [0.1, 0.15) is 15.9 Å². The van der Waals surface area contributed by atoms with Gasteiger partial charge in [-0.25, -0.2) is 0 Å². The summed E-state index contributed by atoms with van der Waals surface area (Å²) in [7, 11) is 0. The Morgan fingerprint density at radius 1 is 1.25 bits per heavy atom. The van der Waals surface area contributed by atoms with E-state index in [9.17, 15) is 9.90 Å². The van der Waals surface area contributed by atoms with Gasteiger partial charge in [0.1, 0.15) is 5.75 Å². The average molecular weight is 375 g/mol. The van der Waals surface area contributed by atoms with Gasteiger partial charge in [0.25, 0.3) is 5.91 Å². The van der Waals surface area contributed by atoms with Crippen molar-refractivity contribution < 1.29 is 9.90 Å². The van der Waals surface area contributed by atoms with Gasteiger partial charge < -0.3 is 10.4 Å².